The minimum absolute atomic E-state index is 0.290. The predicted octanol–water partition coefficient (Wildman–Crippen LogP) is -0.162. The van der Waals surface area contributed by atoms with Gasteiger partial charge in [0, 0.05) is 6.92 Å². The molecule has 0 atom stereocenters. The minimum atomic E-state index is -0.963. The first-order valence-electron chi connectivity index (χ1n) is 4.80. The zero-order chi connectivity index (χ0) is 11.7. The second kappa shape index (κ2) is 4.15. The number of methoxy groups -OCH3 is 1. The van der Waals surface area contributed by atoms with Gasteiger partial charge in [-0.25, -0.2) is 0 Å². The van der Waals surface area contributed by atoms with Crippen LogP contribution in [0.4, 0.5) is 0 Å². The van der Waals surface area contributed by atoms with Crippen LogP contribution in [0.3, 0.4) is 0 Å². The predicted molar refractivity (Wildman–Crippen MR) is 56.7 cm³/mol. The Balaban J connectivity index is 2.43. The van der Waals surface area contributed by atoms with E-state index in [-0.39, 0.29) is 0 Å². The normalized spacial score (nSPS) is 13.6. The monoisotopic (exact) mass is 222 g/mol. The lowest BCUT2D eigenvalue weighted by molar-refractivity contribution is -0.132. The maximum Gasteiger partial charge on any atom is 0.491 e. The van der Waals surface area contributed by atoms with E-state index in [2.05, 4.69) is 0 Å². The molecule has 0 fully saturated rings. The minimum Gasteiger partial charge on any atom is -0.493 e. The number of benzene rings is 1. The standard InChI is InChI=1S/C10H11BO5/c1-6(12)16-10-4-8-7(3-9(10)14-2)5-15-11(8)13/h3-4,13H,5H2,1-2H3. The van der Waals surface area contributed by atoms with Gasteiger partial charge in [0.1, 0.15) is 0 Å². The Bertz CT molecular complexity index is 431. The van der Waals surface area contributed by atoms with Crippen LogP contribution in [-0.2, 0) is 16.1 Å². The van der Waals surface area contributed by atoms with Crippen LogP contribution in [-0.4, -0.2) is 25.2 Å². The van der Waals surface area contributed by atoms with Crippen molar-refractivity contribution in [3.05, 3.63) is 17.7 Å². The SMILES string of the molecule is COc1cc2c(cc1OC(C)=O)B(O)OC2. The summed E-state index contributed by atoms with van der Waals surface area (Å²) in [6, 6.07) is 3.26. The lowest BCUT2D eigenvalue weighted by atomic mass is 9.79. The first-order chi connectivity index (χ1) is 7.61. The molecule has 1 aliphatic rings. The molecule has 0 aromatic heterocycles. The van der Waals surface area contributed by atoms with Crippen molar-refractivity contribution in [3.63, 3.8) is 0 Å². The maximum absolute atomic E-state index is 10.9. The molecule has 0 saturated heterocycles. The summed E-state index contributed by atoms with van der Waals surface area (Å²) in [6.45, 7) is 1.63. The van der Waals surface area contributed by atoms with Gasteiger partial charge in [0.15, 0.2) is 11.5 Å². The molecule has 84 valence electrons. The van der Waals surface area contributed by atoms with Gasteiger partial charge in [-0.05, 0) is 23.2 Å². The molecule has 0 saturated carbocycles. The number of fused-ring (bicyclic) bond motifs is 1. The van der Waals surface area contributed by atoms with E-state index in [0.29, 0.717) is 23.6 Å². The summed E-state index contributed by atoms with van der Waals surface area (Å²) in [5.41, 5.74) is 1.44. The fourth-order valence-corrected chi connectivity index (χ4v) is 1.63. The molecule has 16 heavy (non-hydrogen) atoms. The molecule has 0 aliphatic carbocycles. The molecule has 0 spiro atoms. The highest BCUT2D eigenvalue weighted by Crippen LogP contribution is 2.29. The van der Waals surface area contributed by atoms with Gasteiger partial charge < -0.3 is 19.2 Å². The molecule has 1 aliphatic heterocycles. The van der Waals surface area contributed by atoms with Crippen molar-refractivity contribution in [2.24, 2.45) is 0 Å². The van der Waals surface area contributed by atoms with E-state index in [4.69, 9.17) is 14.1 Å². The third-order valence-corrected chi connectivity index (χ3v) is 2.34. The Hall–Kier alpha value is -1.53. The Morgan fingerprint density at radius 1 is 1.50 bits per heavy atom. The molecule has 1 N–H and O–H groups in total. The molecule has 1 aromatic carbocycles. The number of rotatable bonds is 2. The maximum atomic E-state index is 10.9. The summed E-state index contributed by atoms with van der Waals surface area (Å²) in [4.78, 5) is 10.9. The summed E-state index contributed by atoms with van der Waals surface area (Å²) in [5.74, 6) is 0.302. The van der Waals surface area contributed by atoms with E-state index in [1.54, 1.807) is 12.1 Å². The smallest absolute Gasteiger partial charge is 0.491 e. The number of hydrogen-bond donors (Lipinski definition) is 1. The van der Waals surface area contributed by atoms with E-state index in [1.165, 1.54) is 14.0 Å². The van der Waals surface area contributed by atoms with Crippen LogP contribution < -0.4 is 14.9 Å². The van der Waals surface area contributed by atoms with Crippen LogP contribution in [0, 0.1) is 0 Å². The van der Waals surface area contributed by atoms with E-state index in [9.17, 15) is 9.82 Å². The van der Waals surface area contributed by atoms with Gasteiger partial charge >= 0.3 is 13.1 Å². The number of carbonyl (C=O) groups excluding carboxylic acids is 1. The molecule has 1 heterocycles. The zero-order valence-corrected chi connectivity index (χ0v) is 9.02. The van der Waals surface area contributed by atoms with Crippen LogP contribution in [0.2, 0.25) is 0 Å². The van der Waals surface area contributed by atoms with Crippen LogP contribution in [0.1, 0.15) is 12.5 Å². The van der Waals surface area contributed by atoms with E-state index in [1.807, 2.05) is 0 Å². The highest BCUT2D eigenvalue weighted by Gasteiger charge is 2.29. The van der Waals surface area contributed by atoms with Crippen molar-refractivity contribution in [3.8, 4) is 11.5 Å². The second-order valence-corrected chi connectivity index (χ2v) is 3.46. The summed E-state index contributed by atoms with van der Waals surface area (Å²) >= 11 is 0. The van der Waals surface area contributed by atoms with Crippen molar-refractivity contribution in [1.29, 1.82) is 0 Å². The van der Waals surface area contributed by atoms with Crippen molar-refractivity contribution in [1.82, 2.24) is 0 Å². The Labute approximate surface area is 93.1 Å². The summed E-state index contributed by atoms with van der Waals surface area (Å²) in [7, 11) is 0.524. The van der Waals surface area contributed by atoms with E-state index < -0.39 is 13.1 Å². The molecule has 1 aromatic rings. The first kappa shape index (κ1) is 11.0. The van der Waals surface area contributed by atoms with Crippen molar-refractivity contribution in [2.45, 2.75) is 13.5 Å². The van der Waals surface area contributed by atoms with Gasteiger partial charge in [-0.1, -0.05) is 0 Å². The Kier molecular flexibility index (Phi) is 2.85. The zero-order valence-electron chi connectivity index (χ0n) is 9.02. The van der Waals surface area contributed by atoms with Gasteiger partial charge in [-0.3, -0.25) is 4.79 Å². The average Bonchev–Trinajstić information content (AvgIpc) is 2.58. The largest absolute Gasteiger partial charge is 0.493 e. The average molecular weight is 222 g/mol. The van der Waals surface area contributed by atoms with Crippen molar-refractivity contribution in [2.75, 3.05) is 7.11 Å². The van der Waals surface area contributed by atoms with Crippen LogP contribution in [0.25, 0.3) is 0 Å². The molecule has 0 bridgehead atoms. The summed E-state index contributed by atoms with van der Waals surface area (Å²) in [5, 5.41) is 9.50. The second-order valence-electron chi connectivity index (χ2n) is 3.46. The highest BCUT2D eigenvalue weighted by molar-refractivity contribution is 6.61. The number of hydrogen-bond acceptors (Lipinski definition) is 5. The third-order valence-electron chi connectivity index (χ3n) is 2.34. The quantitative estimate of drug-likeness (QED) is 0.427. The Morgan fingerprint density at radius 3 is 2.88 bits per heavy atom. The fraction of sp³-hybridized carbons (Fsp3) is 0.300. The molecule has 0 amide bonds. The molecule has 5 nitrogen and oxygen atoms in total. The van der Waals surface area contributed by atoms with Gasteiger partial charge in [-0.2, -0.15) is 0 Å². The molecule has 0 unspecified atom stereocenters. The van der Waals surface area contributed by atoms with Crippen LogP contribution in [0.5, 0.6) is 11.5 Å². The van der Waals surface area contributed by atoms with Gasteiger partial charge in [0.25, 0.3) is 0 Å². The van der Waals surface area contributed by atoms with Gasteiger partial charge in [0.05, 0.1) is 13.7 Å². The lowest BCUT2D eigenvalue weighted by Crippen LogP contribution is -2.28. The molecule has 0 radical (unpaired) electrons. The lowest BCUT2D eigenvalue weighted by Gasteiger charge is -2.10. The molecule has 6 heteroatoms. The van der Waals surface area contributed by atoms with Crippen molar-refractivity contribution < 1.29 is 23.9 Å². The van der Waals surface area contributed by atoms with E-state index in [0.717, 1.165) is 5.56 Å². The van der Waals surface area contributed by atoms with Gasteiger partial charge in [0.2, 0.25) is 0 Å². The number of ether oxygens (including phenoxy) is 2. The highest BCUT2D eigenvalue weighted by atomic mass is 16.6. The van der Waals surface area contributed by atoms with Crippen LogP contribution in [0.15, 0.2) is 12.1 Å². The van der Waals surface area contributed by atoms with Crippen LogP contribution >= 0.6 is 0 Å². The third kappa shape index (κ3) is 1.89. The topological polar surface area (TPSA) is 65.0 Å². The van der Waals surface area contributed by atoms with E-state index >= 15 is 0 Å². The van der Waals surface area contributed by atoms with Gasteiger partial charge in [-0.15, -0.1) is 0 Å². The van der Waals surface area contributed by atoms with Crippen molar-refractivity contribution >= 4 is 18.6 Å². The first-order valence-corrected chi connectivity index (χ1v) is 4.80. The molecule has 2 rings (SSSR count). The fourth-order valence-electron chi connectivity index (χ4n) is 1.63. The molecular formula is C10H11BO5. The number of esters is 1. The number of carbonyl (C=O) groups is 1. The summed E-state index contributed by atoms with van der Waals surface area (Å²) in [6.07, 6.45) is 0. The summed E-state index contributed by atoms with van der Waals surface area (Å²) < 4.78 is 15.1. The molecular weight excluding hydrogens is 211 g/mol. The Morgan fingerprint density at radius 2 is 2.25 bits per heavy atom.